The molecule has 2 aliphatic rings. The molecule has 0 saturated carbocycles. The molecule has 3 rings (SSSR count). The van der Waals surface area contributed by atoms with Crippen LogP contribution in [0.2, 0.25) is 0 Å². The first-order chi connectivity index (χ1) is 7.74. The summed E-state index contributed by atoms with van der Waals surface area (Å²) in [7, 11) is 1.69. The third kappa shape index (κ3) is 1.28. The van der Waals surface area contributed by atoms with Gasteiger partial charge < -0.3 is 15.2 Å². The van der Waals surface area contributed by atoms with Gasteiger partial charge in [-0.1, -0.05) is 18.2 Å². The van der Waals surface area contributed by atoms with Crippen LogP contribution in [0, 0.1) is 0 Å². The second-order valence-electron chi connectivity index (χ2n) is 4.77. The van der Waals surface area contributed by atoms with Gasteiger partial charge in [0, 0.05) is 5.56 Å². The summed E-state index contributed by atoms with van der Waals surface area (Å²) >= 11 is 0. The van der Waals surface area contributed by atoms with E-state index in [1.165, 1.54) is 0 Å². The lowest BCUT2D eigenvalue weighted by Crippen LogP contribution is -2.45. The van der Waals surface area contributed by atoms with Crippen molar-refractivity contribution in [2.75, 3.05) is 7.11 Å². The molecule has 0 spiro atoms. The average Bonchev–Trinajstić information content (AvgIpc) is 2.89. The molecule has 3 unspecified atom stereocenters. The molecule has 0 aliphatic carbocycles. The maximum Gasteiger partial charge on any atom is 0.124 e. The standard InChI is InChI=1S/C13H17NO2/c1-15-11-5-3-2-4-10(11)13(14)8-9-6-7-12(13)16-9/h2-5,9,12H,6-8,14H2,1H3. The average molecular weight is 219 g/mol. The highest BCUT2D eigenvalue weighted by molar-refractivity contribution is 5.41. The summed E-state index contributed by atoms with van der Waals surface area (Å²) in [4.78, 5) is 0. The van der Waals surface area contributed by atoms with Crippen molar-refractivity contribution >= 4 is 0 Å². The molecule has 3 atom stereocenters. The lowest BCUT2D eigenvalue weighted by atomic mass is 9.77. The quantitative estimate of drug-likeness (QED) is 0.825. The second kappa shape index (κ2) is 3.47. The number of hydrogen-bond donors (Lipinski definition) is 1. The van der Waals surface area contributed by atoms with Gasteiger partial charge in [-0.3, -0.25) is 0 Å². The molecule has 86 valence electrons. The van der Waals surface area contributed by atoms with Gasteiger partial charge in [-0.25, -0.2) is 0 Å². The minimum atomic E-state index is -0.352. The topological polar surface area (TPSA) is 44.5 Å². The predicted molar refractivity (Wildman–Crippen MR) is 61.4 cm³/mol. The monoisotopic (exact) mass is 219 g/mol. The summed E-state index contributed by atoms with van der Waals surface area (Å²) in [5.41, 5.74) is 7.27. The van der Waals surface area contributed by atoms with Gasteiger partial charge in [0.05, 0.1) is 24.9 Å². The molecule has 2 fully saturated rings. The van der Waals surface area contributed by atoms with Crippen molar-refractivity contribution in [3.63, 3.8) is 0 Å². The zero-order valence-electron chi connectivity index (χ0n) is 9.48. The van der Waals surface area contributed by atoms with E-state index in [-0.39, 0.29) is 11.6 Å². The van der Waals surface area contributed by atoms with Crippen molar-refractivity contribution in [3.8, 4) is 5.75 Å². The van der Waals surface area contributed by atoms with Gasteiger partial charge in [0.15, 0.2) is 0 Å². The lowest BCUT2D eigenvalue weighted by molar-refractivity contribution is 0.0848. The van der Waals surface area contributed by atoms with E-state index in [0.29, 0.717) is 6.10 Å². The van der Waals surface area contributed by atoms with Gasteiger partial charge in [0.1, 0.15) is 5.75 Å². The van der Waals surface area contributed by atoms with Crippen LogP contribution in [0.1, 0.15) is 24.8 Å². The molecule has 1 aromatic rings. The van der Waals surface area contributed by atoms with Crippen LogP contribution in [0.5, 0.6) is 5.75 Å². The molecular weight excluding hydrogens is 202 g/mol. The van der Waals surface area contributed by atoms with Crippen molar-refractivity contribution in [1.82, 2.24) is 0 Å². The summed E-state index contributed by atoms with van der Waals surface area (Å²) in [6.45, 7) is 0. The number of ether oxygens (including phenoxy) is 2. The number of fused-ring (bicyclic) bond motifs is 2. The fraction of sp³-hybridized carbons (Fsp3) is 0.538. The van der Waals surface area contributed by atoms with Crippen LogP contribution in [0.3, 0.4) is 0 Å². The van der Waals surface area contributed by atoms with Crippen molar-refractivity contribution < 1.29 is 9.47 Å². The summed E-state index contributed by atoms with van der Waals surface area (Å²) in [6.07, 6.45) is 3.64. The van der Waals surface area contributed by atoms with E-state index in [0.717, 1.165) is 30.6 Å². The highest BCUT2D eigenvalue weighted by Crippen LogP contribution is 2.48. The van der Waals surface area contributed by atoms with Gasteiger partial charge in [-0.05, 0) is 25.3 Å². The molecule has 2 saturated heterocycles. The SMILES string of the molecule is COc1ccccc1C1(N)CC2CCC1O2. The van der Waals surface area contributed by atoms with E-state index in [2.05, 4.69) is 6.07 Å². The fourth-order valence-corrected chi connectivity index (χ4v) is 3.06. The third-order valence-corrected chi connectivity index (χ3v) is 3.86. The first kappa shape index (κ1) is 10.1. The molecule has 2 bridgehead atoms. The maximum absolute atomic E-state index is 6.54. The van der Waals surface area contributed by atoms with E-state index in [1.807, 2.05) is 18.2 Å². The molecule has 2 N–H and O–H groups in total. The van der Waals surface area contributed by atoms with Gasteiger partial charge in [0.25, 0.3) is 0 Å². The van der Waals surface area contributed by atoms with E-state index < -0.39 is 0 Å². The Balaban J connectivity index is 2.03. The number of hydrogen-bond acceptors (Lipinski definition) is 3. The molecule has 2 aliphatic heterocycles. The number of rotatable bonds is 2. The molecule has 2 heterocycles. The van der Waals surface area contributed by atoms with Crippen LogP contribution in [0.15, 0.2) is 24.3 Å². The molecule has 1 aromatic carbocycles. The molecule has 0 aromatic heterocycles. The molecule has 0 radical (unpaired) electrons. The van der Waals surface area contributed by atoms with E-state index >= 15 is 0 Å². The van der Waals surface area contributed by atoms with Gasteiger partial charge in [0.2, 0.25) is 0 Å². The Hall–Kier alpha value is -1.06. The minimum Gasteiger partial charge on any atom is -0.496 e. The van der Waals surface area contributed by atoms with E-state index in [1.54, 1.807) is 7.11 Å². The Bertz CT molecular complexity index is 407. The van der Waals surface area contributed by atoms with Crippen LogP contribution in [0.25, 0.3) is 0 Å². The molecule has 16 heavy (non-hydrogen) atoms. The summed E-state index contributed by atoms with van der Waals surface area (Å²) in [5, 5.41) is 0. The number of para-hydroxylation sites is 1. The Morgan fingerprint density at radius 1 is 1.38 bits per heavy atom. The fourth-order valence-electron chi connectivity index (χ4n) is 3.06. The minimum absolute atomic E-state index is 0.161. The Morgan fingerprint density at radius 3 is 2.81 bits per heavy atom. The van der Waals surface area contributed by atoms with Crippen molar-refractivity contribution in [2.45, 2.75) is 37.0 Å². The van der Waals surface area contributed by atoms with E-state index in [9.17, 15) is 0 Å². The normalized spacial score (nSPS) is 36.6. The van der Waals surface area contributed by atoms with Crippen molar-refractivity contribution in [3.05, 3.63) is 29.8 Å². The highest BCUT2D eigenvalue weighted by atomic mass is 16.5. The predicted octanol–water partition coefficient (Wildman–Crippen LogP) is 1.80. The van der Waals surface area contributed by atoms with Gasteiger partial charge in [-0.2, -0.15) is 0 Å². The Morgan fingerprint density at radius 2 is 2.19 bits per heavy atom. The van der Waals surface area contributed by atoms with Crippen LogP contribution in [0.4, 0.5) is 0 Å². The largest absolute Gasteiger partial charge is 0.496 e. The number of methoxy groups -OCH3 is 1. The first-order valence-corrected chi connectivity index (χ1v) is 5.82. The van der Waals surface area contributed by atoms with E-state index in [4.69, 9.17) is 15.2 Å². The zero-order valence-corrected chi connectivity index (χ0v) is 9.48. The highest BCUT2D eigenvalue weighted by Gasteiger charge is 2.51. The summed E-state index contributed by atoms with van der Waals surface area (Å²) in [5.74, 6) is 0.876. The van der Waals surface area contributed by atoms with Gasteiger partial charge >= 0.3 is 0 Å². The number of benzene rings is 1. The van der Waals surface area contributed by atoms with Crippen molar-refractivity contribution in [2.24, 2.45) is 5.73 Å². The molecule has 0 amide bonds. The lowest BCUT2D eigenvalue weighted by Gasteiger charge is -2.32. The smallest absolute Gasteiger partial charge is 0.124 e. The number of nitrogens with two attached hydrogens (primary N) is 1. The molecular formula is C13H17NO2. The maximum atomic E-state index is 6.54. The van der Waals surface area contributed by atoms with Crippen LogP contribution < -0.4 is 10.5 Å². The van der Waals surface area contributed by atoms with Crippen LogP contribution in [-0.2, 0) is 10.3 Å². The second-order valence-corrected chi connectivity index (χ2v) is 4.77. The van der Waals surface area contributed by atoms with Crippen molar-refractivity contribution in [1.29, 1.82) is 0 Å². The Labute approximate surface area is 95.5 Å². The summed E-state index contributed by atoms with van der Waals surface area (Å²) < 4.78 is 11.3. The first-order valence-electron chi connectivity index (χ1n) is 5.82. The Kier molecular flexibility index (Phi) is 2.19. The van der Waals surface area contributed by atoms with Crippen LogP contribution >= 0.6 is 0 Å². The summed E-state index contributed by atoms with van der Waals surface area (Å²) in [6, 6.07) is 8.01. The molecule has 3 nitrogen and oxygen atoms in total. The van der Waals surface area contributed by atoms with Crippen LogP contribution in [-0.4, -0.2) is 19.3 Å². The van der Waals surface area contributed by atoms with Gasteiger partial charge in [-0.15, -0.1) is 0 Å². The third-order valence-electron chi connectivity index (χ3n) is 3.86. The zero-order chi connectivity index (χ0) is 11.2. The molecule has 3 heteroatoms.